The fourth-order valence-corrected chi connectivity index (χ4v) is 4.71. The third-order valence-corrected chi connectivity index (χ3v) is 7.19. The molecule has 1 aliphatic heterocycles. The van der Waals surface area contributed by atoms with Gasteiger partial charge in [0.1, 0.15) is 17.3 Å². The Hall–Kier alpha value is -4.14. The van der Waals surface area contributed by atoms with Crippen LogP contribution in [0.5, 0.6) is 5.75 Å². The Balaban J connectivity index is 1.55. The van der Waals surface area contributed by atoms with E-state index in [9.17, 15) is 35.2 Å². The lowest BCUT2D eigenvalue weighted by molar-refractivity contribution is -0.137. The Morgan fingerprint density at radius 3 is 2.34 bits per heavy atom. The number of oxime groups is 1. The predicted octanol–water partition coefficient (Wildman–Crippen LogP) is 5.39. The summed E-state index contributed by atoms with van der Waals surface area (Å²) in [4.78, 5) is 27.4. The number of benzene rings is 2. The first-order valence-corrected chi connectivity index (χ1v) is 14.1. The molecule has 0 bridgehead atoms. The van der Waals surface area contributed by atoms with E-state index in [1.165, 1.54) is 36.2 Å². The van der Waals surface area contributed by atoms with Gasteiger partial charge in [0, 0.05) is 37.0 Å². The molecule has 2 aromatic carbocycles. The van der Waals surface area contributed by atoms with Gasteiger partial charge in [0.15, 0.2) is 5.75 Å². The molecule has 1 N–H and O–H groups in total. The second-order valence-corrected chi connectivity index (χ2v) is 11.2. The molecule has 2 heterocycles. The van der Waals surface area contributed by atoms with Gasteiger partial charge >= 0.3 is 12.2 Å². The van der Waals surface area contributed by atoms with E-state index < -0.39 is 50.1 Å². The molecule has 0 aliphatic carbocycles. The molecule has 0 atom stereocenters. The lowest BCUT2D eigenvalue weighted by Gasteiger charge is -2.32. The highest BCUT2D eigenvalue weighted by Gasteiger charge is 2.31. The van der Waals surface area contributed by atoms with E-state index in [1.807, 2.05) is 0 Å². The molecule has 0 unspecified atom stereocenters. The standard InChI is InChI=1S/C26H24F5N5O4S/c1-15(35-40-18-6-3-5-17(13-18)26(29,30)31)19-14-32-24(41(2,38)39)33-22(19)16-9-11-36(12-10-16)25(37)34-23-20(27)7-4-8-21(23)28/h3-8,13-14,16H,9-12H2,1-2H3,(H,34,37)/b35-15-. The van der Waals surface area contributed by atoms with E-state index >= 15 is 0 Å². The molecule has 218 valence electrons. The van der Waals surface area contributed by atoms with Crippen molar-refractivity contribution in [3.8, 4) is 5.75 Å². The molecular weight excluding hydrogens is 573 g/mol. The number of likely N-dealkylation sites (tertiary alicyclic amines) is 1. The number of piperidine rings is 1. The van der Waals surface area contributed by atoms with Gasteiger partial charge in [0.2, 0.25) is 15.0 Å². The molecule has 0 spiro atoms. The third-order valence-electron chi connectivity index (χ3n) is 6.33. The number of alkyl halides is 3. The molecule has 9 nitrogen and oxygen atoms in total. The predicted molar refractivity (Wildman–Crippen MR) is 138 cm³/mol. The van der Waals surface area contributed by atoms with Gasteiger partial charge in [-0.1, -0.05) is 17.3 Å². The number of amides is 2. The first-order valence-electron chi connectivity index (χ1n) is 12.2. The van der Waals surface area contributed by atoms with Crippen LogP contribution in [0.3, 0.4) is 0 Å². The number of carbonyl (C=O) groups is 1. The van der Waals surface area contributed by atoms with E-state index in [1.54, 1.807) is 0 Å². The lowest BCUT2D eigenvalue weighted by atomic mass is 9.90. The maximum atomic E-state index is 14.0. The largest absolute Gasteiger partial charge is 0.416 e. The minimum Gasteiger partial charge on any atom is -0.357 e. The summed E-state index contributed by atoms with van der Waals surface area (Å²) in [5, 5.41) is 5.72. The Morgan fingerprint density at radius 2 is 1.73 bits per heavy atom. The molecule has 1 aromatic heterocycles. The number of hydrogen-bond acceptors (Lipinski definition) is 7. The van der Waals surface area contributed by atoms with Crippen LogP contribution in [-0.2, 0) is 16.0 Å². The van der Waals surface area contributed by atoms with Crippen LogP contribution < -0.4 is 10.2 Å². The molecule has 1 saturated heterocycles. The highest BCUT2D eigenvalue weighted by Crippen LogP contribution is 2.32. The molecule has 3 aromatic rings. The molecule has 41 heavy (non-hydrogen) atoms. The summed E-state index contributed by atoms with van der Waals surface area (Å²) >= 11 is 0. The first-order chi connectivity index (χ1) is 19.2. The maximum absolute atomic E-state index is 14.0. The van der Waals surface area contributed by atoms with E-state index in [0.29, 0.717) is 24.1 Å². The zero-order valence-corrected chi connectivity index (χ0v) is 22.6. The quantitative estimate of drug-likeness (QED) is 0.176. The fraction of sp³-hybridized carbons (Fsp3) is 0.308. The molecule has 2 amide bonds. The monoisotopic (exact) mass is 597 g/mol. The van der Waals surface area contributed by atoms with Gasteiger partial charge in [-0.2, -0.15) is 13.2 Å². The van der Waals surface area contributed by atoms with Gasteiger partial charge < -0.3 is 15.1 Å². The SMILES string of the molecule is C/C(=N/Oc1cccc(C(F)(F)F)c1)c1cnc(S(C)(=O)=O)nc1C1CCN(C(=O)Nc2c(F)cccc2F)CC1. The number of sulfone groups is 1. The lowest BCUT2D eigenvalue weighted by Crippen LogP contribution is -2.41. The van der Waals surface area contributed by atoms with Crippen molar-refractivity contribution in [1.29, 1.82) is 0 Å². The number of hydrogen-bond donors (Lipinski definition) is 1. The van der Waals surface area contributed by atoms with Crippen LogP contribution in [0.15, 0.2) is 59.0 Å². The van der Waals surface area contributed by atoms with Crippen LogP contribution >= 0.6 is 0 Å². The van der Waals surface area contributed by atoms with E-state index in [-0.39, 0.29) is 30.5 Å². The number of anilines is 1. The van der Waals surface area contributed by atoms with Crippen molar-refractivity contribution in [3.05, 3.63) is 77.1 Å². The number of urea groups is 1. The van der Waals surface area contributed by atoms with Gasteiger partial charge in [-0.05, 0) is 50.1 Å². The second kappa shape index (κ2) is 11.8. The van der Waals surface area contributed by atoms with Crippen LogP contribution in [0.4, 0.5) is 32.4 Å². The number of aromatic nitrogens is 2. The Labute approximate surface area is 232 Å². The third kappa shape index (κ3) is 7.14. The highest BCUT2D eigenvalue weighted by molar-refractivity contribution is 7.90. The summed E-state index contributed by atoms with van der Waals surface area (Å²) in [5.41, 5.74) is -0.705. The van der Waals surface area contributed by atoms with Crippen LogP contribution in [0, 0.1) is 11.6 Å². The molecule has 4 rings (SSSR count). The van der Waals surface area contributed by atoms with Crippen molar-refractivity contribution in [2.24, 2.45) is 5.16 Å². The molecule has 0 saturated carbocycles. The van der Waals surface area contributed by atoms with Crippen LogP contribution in [0.2, 0.25) is 0 Å². The molecule has 15 heteroatoms. The molecule has 1 fully saturated rings. The number of halogens is 5. The topological polar surface area (TPSA) is 114 Å². The van der Waals surface area contributed by atoms with Crippen molar-refractivity contribution in [2.45, 2.75) is 37.0 Å². The summed E-state index contributed by atoms with van der Waals surface area (Å²) in [6.45, 7) is 1.81. The molecular formula is C26H24F5N5O4S. The van der Waals surface area contributed by atoms with Crippen molar-refractivity contribution in [1.82, 2.24) is 14.9 Å². The average molecular weight is 598 g/mol. The average Bonchev–Trinajstić information content (AvgIpc) is 2.92. The zero-order valence-electron chi connectivity index (χ0n) is 21.7. The first kappa shape index (κ1) is 29.8. The number of nitrogens with one attached hydrogen (secondary N) is 1. The summed E-state index contributed by atoms with van der Waals surface area (Å²) in [6, 6.07) is 6.63. The van der Waals surface area contributed by atoms with Gasteiger partial charge in [0.25, 0.3) is 0 Å². The van der Waals surface area contributed by atoms with Crippen molar-refractivity contribution >= 4 is 27.3 Å². The van der Waals surface area contributed by atoms with Crippen LogP contribution in [0.25, 0.3) is 0 Å². The Kier molecular flexibility index (Phi) is 8.56. The number of rotatable bonds is 6. The minimum absolute atomic E-state index is 0.154. The van der Waals surface area contributed by atoms with Gasteiger partial charge in [-0.3, -0.25) is 0 Å². The zero-order chi connectivity index (χ0) is 29.9. The number of nitrogens with zero attached hydrogens (tertiary/aromatic N) is 4. The number of carbonyl (C=O) groups excluding carboxylic acids is 1. The van der Waals surface area contributed by atoms with Gasteiger partial charge in [-0.25, -0.2) is 32.0 Å². The highest BCUT2D eigenvalue weighted by atomic mass is 32.2. The smallest absolute Gasteiger partial charge is 0.357 e. The fourth-order valence-electron chi connectivity index (χ4n) is 4.21. The second-order valence-electron chi connectivity index (χ2n) is 9.31. The van der Waals surface area contributed by atoms with Crippen molar-refractivity contribution < 1.29 is 40.0 Å². The minimum atomic E-state index is -4.57. The summed E-state index contributed by atoms with van der Waals surface area (Å²) < 4.78 is 91.3. The van der Waals surface area contributed by atoms with Crippen molar-refractivity contribution in [2.75, 3.05) is 24.7 Å². The number of para-hydroxylation sites is 1. The maximum Gasteiger partial charge on any atom is 0.416 e. The van der Waals surface area contributed by atoms with E-state index in [0.717, 1.165) is 30.5 Å². The summed E-state index contributed by atoms with van der Waals surface area (Å²) in [5.74, 6) is -2.38. The van der Waals surface area contributed by atoms with Gasteiger partial charge in [-0.15, -0.1) is 0 Å². The Morgan fingerprint density at radius 1 is 1.10 bits per heavy atom. The molecule has 1 aliphatic rings. The normalized spacial score (nSPS) is 15.1. The van der Waals surface area contributed by atoms with Crippen LogP contribution in [0.1, 0.15) is 42.5 Å². The van der Waals surface area contributed by atoms with E-state index in [4.69, 9.17) is 4.84 Å². The summed E-state index contributed by atoms with van der Waals surface area (Å²) in [7, 11) is -3.79. The van der Waals surface area contributed by atoms with Gasteiger partial charge in [0.05, 0.1) is 17.0 Å². The van der Waals surface area contributed by atoms with E-state index in [2.05, 4.69) is 20.4 Å². The Bertz CT molecular complexity index is 1570. The summed E-state index contributed by atoms with van der Waals surface area (Å²) in [6.07, 6.45) is -1.77. The van der Waals surface area contributed by atoms with Crippen molar-refractivity contribution in [3.63, 3.8) is 0 Å². The molecule has 0 radical (unpaired) electrons. The van der Waals surface area contributed by atoms with Crippen LogP contribution in [-0.4, -0.2) is 54.4 Å².